The number of ketones is 1. The van der Waals surface area contributed by atoms with Gasteiger partial charge in [0.1, 0.15) is 0 Å². The Hall–Kier alpha value is -4.01. The summed E-state index contributed by atoms with van der Waals surface area (Å²) < 4.78 is 11.1. The molecule has 1 saturated heterocycles. The number of amides is 2. The summed E-state index contributed by atoms with van der Waals surface area (Å²) >= 11 is 0. The van der Waals surface area contributed by atoms with Crippen LogP contribution in [0.4, 0.5) is 4.79 Å². The molecule has 2 amide bonds. The number of aromatic amines is 1. The van der Waals surface area contributed by atoms with E-state index in [4.69, 9.17) is 14.5 Å². The van der Waals surface area contributed by atoms with Crippen LogP contribution < -0.4 is 14.8 Å². The lowest BCUT2D eigenvalue weighted by molar-refractivity contribution is 0.101. The fraction of sp³-hybridized carbons (Fsp3) is 0.393. The molecule has 2 aromatic carbocycles. The Morgan fingerprint density at radius 1 is 1.11 bits per heavy atom. The number of aromatic nitrogens is 1. The fourth-order valence-electron chi connectivity index (χ4n) is 4.83. The number of aromatic hydroxyl groups is 1. The number of likely N-dealkylation sites (tertiary alicyclic amines) is 1. The number of Topliss-reactive ketones (excluding diaryl/α,β-unsaturated/α-hetero) is 1. The molecule has 2 aliphatic heterocycles. The van der Waals surface area contributed by atoms with Gasteiger partial charge < -0.3 is 29.8 Å². The Balaban J connectivity index is 1.49. The van der Waals surface area contributed by atoms with Gasteiger partial charge in [-0.2, -0.15) is 0 Å². The molecule has 0 saturated carbocycles. The monoisotopic (exact) mass is 504 g/mol. The van der Waals surface area contributed by atoms with Crippen LogP contribution in [0.5, 0.6) is 17.4 Å². The van der Waals surface area contributed by atoms with E-state index in [0.29, 0.717) is 71.7 Å². The van der Waals surface area contributed by atoms with Gasteiger partial charge in [0.2, 0.25) is 6.79 Å². The van der Waals surface area contributed by atoms with E-state index in [1.807, 2.05) is 23.1 Å². The van der Waals surface area contributed by atoms with Gasteiger partial charge in [-0.05, 0) is 62.6 Å². The van der Waals surface area contributed by atoms with Crippen molar-refractivity contribution in [1.82, 2.24) is 15.2 Å². The number of unbranched alkanes of at least 4 members (excludes halogenated alkanes) is 1. The summed E-state index contributed by atoms with van der Waals surface area (Å²) in [5.41, 5.74) is 3.18. The molecular formula is C28H32N4O5. The lowest BCUT2D eigenvalue weighted by Gasteiger charge is -2.30. The Morgan fingerprint density at radius 2 is 1.86 bits per heavy atom. The van der Waals surface area contributed by atoms with Gasteiger partial charge >= 0.3 is 6.03 Å². The van der Waals surface area contributed by atoms with Crippen LogP contribution in [-0.4, -0.2) is 65.0 Å². The van der Waals surface area contributed by atoms with Crippen LogP contribution in [0.3, 0.4) is 0 Å². The average Bonchev–Trinajstić information content (AvgIpc) is 3.50. The van der Waals surface area contributed by atoms with Crippen molar-refractivity contribution in [3.63, 3.8) is 0 Å². The standard InChI is InChI=1S/C28H32N4O5/c1-3-4-11-29-28(35)32-12-9-20(10-13-32)30-26(19-6-8-23-24(15-19)37-16-36-23)25-21-14-18(17(2)33)5-7-22(21)31-27(25)34/h5-8,14-15,20,31,34H,3-4,9-13,16H2,1-2H3,(H,29,35). The van der Waals surface area contributed by atoms with Gasteiger partial charge in [0.25, 0.3) is 0 Å². The minimum atomic E-state index is -0.0558. The van der Waals surface area contributed by atoms with E-state index in [1.165, 1.54) is 6.92 Å². The lowest BCUT2D eigenvalue weighted by atomic mass is 9.97. The molecule has 194 valence electrons. The number of nitrogens with zero attached hydrogens (tertiary/aromatic N) is 2. The van der Waals surface area contributed by atoms with E-state index in [0.717, 1.165) is 18.4 Å². The summed E-state index contributed by atoms with van der Waals surface area (Å²) in [5.74, 6) is 1.21. The van der Waals surface area contributed by atoms with Crippen LogP contribution in [0.15, 0.2) is 41.4 Å². The highest BCUT2D eigenvalue weighted by Crippen LogP contribution is 2.36. The number of benzene rings is 2. The van der Waals surface area contributed by atoms with Crippen molar-refractivity contribution in [2.24, 2.45) is 4.99 Å². The Bertz CT molecular complexity index is 1350. The second-order valence-electron chi connectivity index (χ2n) is 9.51. The number of hydrogen-bond acceptors (Lipinski definition) is 6. The molecule has 0 radical (unpaired) electrons. The minimum Gasteiger partial charge on any atom is -0.494 e. The van der Waals surface area contributed by atoms with Crippen molar-refractivity contribution in [3.05, 3.63) is 53.1 Å². The molecule has 9 nitrogen and oxygen atoms in total. The number of hydrogen-bond donors (Lipinski definition) is 3. The quantitative estimate of drug-likeness (QED) is 0.247. The Morgan fingerprint density at radius 3 is 2.62 bits per heavy atom. The third-order valence-corrected chi connectivity index (χ3v) is 6.94. The van der Waals surface area contributed by atoms with Crippen LogP contribution in [0, 0.1) is 0 Å². The smallest absolute Gasteiger partial charge is 0.317 e. The third-order valence-electron chi connectivity index (χ3n) is 6.94. The maximum atomic E-state index is 12.5. The number of ether oxygens (including phenoxy) is 2. The van der Waals surface area contributed by atoms with Crippen LogP contribution in [0.1, 0.15) is 61.0 Å². The predicted octanol–water partition coefficient (Wildman–Crippen LogP) is 4.62. The summed E-state index contributed by atoms with van der Waals surface area (Å²) in [7, 11) is 0. The number of aliphatic imine (C=N–C) groups is 1. The molecule has 0 unspecified atom stereocenters. The predicted molar refractivity (Wildman–Crippen MR) is 141 cm³/mol. The fourth-order valence-corrected chi connectivity index (χ4v) is 4.83. The first kappa shape index (κ1) is 24.7. The normalized spacial score (nSPS) is 15.8. The van der Waals surface area contributed by atoms with Gasteiger partial charge in [-0.3, -0.25) is 9.79 Å². The molecule has 3 N–H and O–H groups in total. The van der Waals surface area contributed by atoms with Gasteiger partial charge in [-0.1, -0.05) is 13.3 Å². The summed E-state index contributed by atoms with van der Waals surface area (Å²) in [6.45, 7) is 5.67. The Labute approximate surface area is 215 Å². The molecule has 0 aliphatic carbocycles. The number of urea groups is 1. The molecular weight excluding hydrogens is 472 g/mol. The van der Waals surface area contributed by atoms with Crippen molar-refractivity contribution in [1.29, 1.82) is 0 Å². The van der Waals surface area contributed by atoms with Crippen LogP contribution in [0.25, 0.3) is 10.9 Å². The zero-order chi connectivity index (χ0) is 25.9. The molecule has 0 atom stereocenters. The molecule has 9 heteroatoms. The summed E-state index contributed by atoms with van der Waals surface area (Å²) in [5, 5.41) is 14.7. The van der Waals surface area contributed by atoms with Crippen LogP contribution >= 0.6 is 0 Å². The first-order valence-corrected chi connectivity index (χ1v) is 12.8. The highest BCUT2D eigenvalue weighted by atomic mass is 16.7. The van der Waals surface area contributed by atoms with Crippen molar-refractivity contribution >= 4 is 28.4 Å². The zero-order valence-electron chi connectivity index (χ0n) is 21.2. The van der Waals surface area contributed by atoms with Crippen LogP contribution in [0.2, 0.25) is 0 Å². The number of piperidine rings is 1. The molecule has 2 aliphatic rings. The summed E-state index contributed by atoms with van der Waals surface area (Å²) in [6, 6.07) is 10.8. The van der Waals surface area contributed by atoms with E-state index in [9.17, 15) is 14.7 Å². The topological polar surface area (TPSA) is 116 Å². The molecule has 3 heterocycles. The highest BCUT2D eigenvalue weighted by molar-refractivity contribution is 6.22. The van der Waals surface area contributed by atoms with Crippen molar-refractivity contribution in [2.75, 3.05) is 26.4 Å². The van der Waals surface area contributed by atoms with Gasteiger partial charge in [0.05, 0.1) is 17.3 Å². The summed E-state index contributed by atoms with van der Waals surface area (Å²) in [6.07, 6.45) is 3.41. The first-order chi connectivity index (χ1) is 17.9. The van der Waals surface area contributed by atoms with Crippen molar-refractivity contribution in [2.45, 2.75) is 45.6 Å². The van der Waals surface area contributed by atoms with Gasteiger partial charge in [0.15, 0.2) is 23.2 Å². The molecule has 1 aromatic heterocycles. The molecule has 5 rings (SSSR count). The first-order valence-electron chi connectivity index (χ1n) is 12.8. The number of carbonyl (C=O) groups excluding carboxylic acids is 2. The number of rotatable bonds is 7. The maximum Gasteiger partial charge on any atom is 0.317 e. The molecule has 0 spiro atoms. The van der Waals surface area contributed by atoms with Gasteiger partial charge in [-0.15, -0.1) is 0 Å². The molecule has 0 bridgehead atoms. The van der Waals surface area contributed by atoms with E-state index < -0.39 is 0 Å². The van der Waals surface area contributed by atoms with Gasteiger partial charge in [-0.25, -0.2) is 4.79 Å². The number of fused-ring (bicyclic) bond motifs is 2. The van der Waals surface area contributed by atoms with E-state index in [1.54, 1.807) is 18.2 Å². The van der Waals surface area contributed by atoms with E-state index in [-0.39, 0.29) is 30.5 Å². The lowest BCUT2D eigenvalue weighted by Crippen LogP contribution is -2.45. The number of carbonyl (C=O) groups is 2. The zero-order valence-corrected chi connectivity index (χ0v) is 21.2. The molecule has 3 aromatic rings. The molecule has 1 fully saturated rings. The maximum absolute atomic E-state index is 12.5. The van der Waals surface area contributed by atoms with Crippen LogP contribution in [-0.2, 0) is 0 Å². The largest absolute Gasteiger partial charge is 0.494 e. The number of nitrogens with one attached hydrogen (secondary N) is 2. The third kappa shape index (κ3) is 5.12. The molecule has 37 heavy (non-hydrogen) atoms. The minimum absolute atomic E-state index is 0.0140. The average molecular weight is 505 g/mol. The second-order valence-corrected chi connectivity index (χ2v) is 9.51. The van der Waals surface area contributed by atoms with Gasteiger partial charge in [0, 0.05) is 41.7 Å². The Kier molecular flexibility index (Phi) is 7.03. The highest BCUT2D eigenvalue weighted by Gasteiger charge is 2.26. The number of H-pyrrole nitrogens is 1. The second kappa shape index (κ2) is 10.5. The summed E-state index contributed by atoms with van der Waals surface area (Å²) in [4.78, 5) is 34.6. The van der Waals surface area contributed by atoms with Crippen molar-refractivity contribution < 1.29 is 24.2 Å². The van der Waals surface area contributed by atoms with E-state index >= 15 is 0 Å². The van der Waals surface area contributed by atoms with Crippen molar-refractivity contribution in [3.8, 4) is 17.4 Å². The SMILES string of the molecule is CCCCNC(=O)N1CCC(N=C(c2ccc3c(c2)OCO3)c2c(O)[nH]c3ccc(C(C)=O)cc23)CC1. The van der Waals surface area contributed by atoms with E-state index in [2.05, 4.69) is 17.2 Å².